The molecule has 0 aromatic heterocycles. The fraction of sp³-hybridized carbons (Fsp3) is 0.588. The van der Waals surface area contributed by atoms with Crippen LogP contribution in [0.4, 0.5) is 0 Å². The first-order valence-electron chi connectivity index (χ1n) is 7.69. The van der Waals surface area contributed by atoms with Crippen molar-refractivity contribution >= 4 is 5.91 Å². The van der Waals surface area contributed by atoms with Gasteiger partial charge in [0.05, 0.1) is 12.6 Å². The van der Waals surface area contributed by atoms with Crippen molar-refractivity contribution in [3.05, 3.63) is 29.8 Å². The second-order valence-corrected chi connectivity index (χ2v) is 5.77. The van der Waals surface area contributed by atoms with Crippen molar-refractivity contribution in [1.82, 2.24) is 10.6 Å². The van der Waals surface area contributed by atoms with Crippen LogP contribution >= 0.6 is 0 Å². The summed E-state index contributed by atoms with van der Waals surface area (Å²) in [5, 5.41) is 6.06. The highest BCUT2D eigenvalue weighted by atomic mass is 16.5. The van der Waals surface area contributed by atoms with E-state index in [0.29, 0.717) is 12.3 Å². The molecule has 0 radical (unpaired) electrons. The van der Waals surface area contributed by atoms with E-state index in [0.717, 1.165) is 30.9 Å². The zero-order valence-electron chi connectivity index (χ0n) is 13.6. The van der Waals surface area contributed by atoms with Crippen molar-refractivity contribution in [3.63, 3.8) is 0 Å². The summed E-state index contributed by atoms with van der Waals surface area (Å²) in [5.41, 5.74) is 1.09. The van der Waals surface area contributed by atoms with Crippen LogP contribution in [0.1, 0.15) is 45.2 Å². The van der Waals surface area contributed by atoms with Gasteiger partial charge in [0.2, 0.25) is 5.91 Å². The SMILES string of the molecule is CNCCCC(=O)NC(C)c1ccc(OCC(C)C)cc1. The molecule has 1 atom stereocenters. The number of carbonyl (C=O) groups is 1. The van der Waals surface area contributed by atoms with Crippen LogP contribution in [0.25, 0.3) is 0 Å². The summed E-state index contributed by atoms with van der Waals surface area (Å²) in [5.74, 6) is 1.48. The third kappa shape index (κ3) is 7.14. The van der Waals surface area contributed by atoms with Crippen molar-refractivity contribution in [1.29, 1.82) is 0 Å². The molecule has 4 nitrogen and oxygen atoms in total. The summed E-state index contributed by atoms with van der Waals surface area (Å²) in [4.78, 5) is 11.8. The van der Waals surface area contributed by atoms with E-state index in [-0.39, 0.29) is 11.9 Å². The van der Waals surface area contributed by atoms with Crippen LogP contribution in [-0.2, 0) is 4.79 Å². The third-order valence-corrected chi connectivity index (χ3v) is 3.17. The topological polar surface area (TPSA) is 50.4 Å². The third-order valence-electron chi connectivity index (χ3n) is 3.17. The molecule has 0 fully saturated rings. The lowest BCUT2D eigenvalue weighted by Crippen LogP contribution is -2.27. The zero-order valence-corrected chi connectivity index (χ0v) is 13.6. The van der Waals surface area contributed by atoms with Crippen LogP contribution in [0.2, 0.25) is 0 Å². The van der Waals surface area contributed by atoms with E-state index >= 15 is 0 Å². The van der Waals surface area contributed by atoms with Crippen LogP contribution in [0, 0.1) is 5.92 Å². The number of carbonyl (C=O) groups excluding carboxylic acids is 1. The maximum atomic E-state index is 11.8. The molecule has 1 amide bonds. The van der Waals surface area contributed by atoms with E-state index in [9.17, 15) is 4.79 Å². The molecule has 1 aromatic rings. The highest BCUT2D eigenvalue weighted by molar-refractivity contribution is 5.76. The van der Waals surface area contributed by atoms with Gasteiger partial charge in [-0.05, 0) is 50.6 Å². The normalized spacial score (nSPS) is 12.2. The average Bonchev–Trinajstić information content (AvgIpc) is 2.45. The van der Waals surface area contributed by atoms with Crippen molar-refractivity contribution in [2.24, 2.45) is 5.92 Å². The number of hydrogen-bond acceptors (Lipinski definition) is 3. The molecule has 0 heterocycles. The molecule has 0 aliphatic heterocycles. The Morgan fingerprint density at radius 1 is 1.19 bits per heavy atom. The van der Waals surface area contributed by atoms with Gasteiger partial charge in [-0.25, -0.2) is 0 Å². The molecule has 118 valence electrons. The quantitative estimate of drug-likeness (QED) is 0.688. The van der Waals surface area contributed by atoms with E-state index in [2.05, 4.69) is 24.5 Å². The summed E-state index contributed by atoms with van der Waals surface area (Å²) in [6, 6.07) is 7.96. The Bertz CT molecular complexity index is 415. The smallest absolute Gasteiger partial charge is 0.220 e. The Labute approximate surface area is 128 Å². The monoisotopic (exact) mass is 292 g/mol. The standard InChI is InChI=1S/C17H28N2O2/c1-13(2)12-21-16-9-7-15(8-10-16)14(3)19-17(20)6-5-11-18-4/h7-10,13-14,18H,5-6,11-12H2,1-4H3,(H,19,20). The molecule has 1 aromatic carbocycles. The summed E-state index contributed by atoms with van der Waals surface area (Å²) in [6.45, 7) is 7.83. The van der Waals surface area contributed by atoms with Gasteiger partial charge in [-0.3, -0.25) is 4.79 Å². The lowest BCUT2D eigenvalue weighted by atomic mass is 10.1. The van der Waals surface area contributed by atoms with Crippen LogP contribution < -0.4 is 15.4 Å². The molecule has 2 N–H and O–H groups in total. The molecule has 1 rings (SSSR count). The minimum absolute atomic E-state index is 0.0197. The fourth-order valence-electron chi connectivity index (χ4n) is 1.94. The van der Waals surface area contributed by atoms with Crippen molar-refractivity contribution in [2.45, 2.75) is 39.7 Å². The second-order valence-electron chi connectivity index (χ2n) is 5.77. The Hall–Kier alpha value is -1.55. The maximum Gasteiger partial charge on any atom is 0.220 e. The van der Waals surface area contributed by atoms with Gasteiger partial charge in [0, 0.05) is 6.42 Å². The Morgan fingerprint density at radius 2 is 1.86 bits per heavy atom. The van der Waals surface area contributed by atoms with Crippen molar-refractivity contribution in [3.8, 4) is 5.75 Å². The van der Waals surface area contributed by atoms with E-state index in [4.69, 9.17) is 4.74 Å². The van der Waals surface area contributed by atoms with Gasteiger partial charge in [-0.1, -0.05) is 26.0 Å². The fourth-order valence-corrected chi connectivity index (χ4v) is 1.94. The molecular formula is C17H28N2O2. The van der Waals surface area contributed by atoms with Gasteiger partial charge in [-0.2, -0.15) is 0 Å². The molecule has 21 heavy (non-hydrogen) atoms. The Balaban J connectivity index is 2.43. The van der Waals surface area contributed by atoms with Gasteiger partial charge in [-0.15, -0.1) is 0 Å². The summed E-state index contributed by atoms with van der Waals surface area (Å²) >= 11 is 0. The largest absolute Gasteiger partial charge is 0.493 e. The van der Waals surface area contributed by atoms with Gasteiger partial charge < -0.3 is 15.4 Å². The predicted octanol–water partition coefficient (Wildman–Crippen LogP) is 2.90. The van der Waals surface area contributed by atoms with Gasteiger partial charge in [0.1, 0.15) is 5.75 Å². The number of nitrogens with one attached hydrogen (secondary N) is 2. The molecule has 0 saturated heterocycles. The van der Waals surface area contributed by atoms with Crippen LogP contribution in [0.5, 0.6) is 5.75 Å². The lowest BCUT2D eigenvalue weighted by molar-refractivity contribution is -0.121. The van der Waals surface area contributed by atoms with E-state index in [1.807, 2.05) is 38.2 Å². The number of ether oxygens (including phenoxy) is 1. The highest BCUT2D eigenvalue weighted by Gasteiger charge is 2.09. The minimum Gasteiger partial charge on any atom is -0.493 e. The van der Waals surface area contributed by atoms with Crippen molar-refractivity contribution in [2.75, 3.05) is 20.2 Å². The minimum atomic E-state index is 0.0197. The molecule has 1 unspecified atom stereocenters. The molecule has 0 bridgehead atoms. The maximum absolute atomic E-state index is 11.8. The molecule has 0 spiro atoms. The first-order valence-corrected chi connectivity index (χ1v) is 7.69. The molecule has 0 saturated carbocycles. The summed E-state index contributed by atoms with van der Waals surface area (Å²) in [7, 11) is 1.89. The Morgan fingerprint density at radius 3 is 2.43 bits per heavy atom. The number of hydrogen-bond donors (Lipinski definition) is 2. The molecular weight excluding hydrogens is 264 g/mol. The van der Waals surface area contributed by atoms with E-state index in [1.165, 1.54) is 0 Å². The van der Waals surface area contributed by atoms with Gasteiger partial charge in [0.15, 0.2) is 0 Å². The van der Waals surface area contributed by atoms with E-state index < -0.39 is 0 Å². The molecule has 0 aliphatic carbocycles. The van der Waals surface area contributed by atoms with Crippen LogP contribution in [-0.4, -0.2) is 26.1 Å². The second kappa shape index (κ2) is 9.40. The number of benzene rings is 1. The zero-order chi connectivity index (χ0) is 15.7. The number of rotatable bonds is 9. The first kappa shape index (κ1) is 17.5. The first-order chi connectivity index (χ1) is 10.0. The van der Waals surface area contributed by atoms with Crippen LogP contribution in [0.15, 0.2) is 24.3 Å². The summed E-state index contributed by atoms with van der Waals surface area (Å²) < 4.78 is 5.65. The van der Waals surface area contributed by atoms with Gasteiger partial charge in [0.25, 0.3) is 0 Å². The van der Waals surface area contributed by atoms with Crippen molar-refractivity contribution < 1.29 is 9.53 Å². The molecule has 0 aliphatic rings. The predicted molar refractivity (Wildman–Crippen MR) is 86.5 cm³/mol. The van der Waals surface area contributed by atoms with E-state index in [1.54, 1.807) is 0 Å². The van der Waals surface area contributed by atoms with Crippen LogP contribution in [0.3, 0.4) is 0 Å². The number of amides is 1. The highest BCUT2D eigenvalue weighted by Crippen LogP contribution is 2.18. The average molecular weight is 292 g/mol. The molecule has 4 heteroatoms. The summed E-state index contributed by atoms with van der Waals surface area (Å²) in [6.07, 6.45) is 1.41. The lowest BCUT2D eigenvalue weighted by Gasteiger charge is -2.15. The van der Waals surface area contributed by atoms with Gasteiger partial charge >= 0.3 is 0 Å². The Kier molecular flexibility index (Phi) is 7.83.